The van der Waals surface area contributed by atoms with Gasteiger partial charge in [0.15, 0.2) is 0 Å². The fraction of sp³-hybridized carbons (Fsp3) is 0.409. The van der Waals surface area contributed by atoms with Crippen molar-refractivity contribution < 1.29 is 19.4 Å². The van der Waals surface area contributed by atoms with Crippen molar-refractivity contribution in [2.24, 2.45) is 0 Å². The zero-order chi connectivity index (χ0) is 19.2. The van der Waals surface area contributed by atoms with Crippen LogP contribution in [0.4, 0.5) is 0 Å². The lowest BCUT2D eigenvalue weighted by atomic mass is 10.00. The molecule has 0 amide bonds. The molecule has 5 heteroatoms. The molecule has 2 aromatic rings. The molecule has 0 saturated carbocycles. The molecule has 5 nitrogen and oxygen atoms in total. The average Bonchev–Trinajstić information content (AvgIpc) is 2.64. The van der Waals surface area contributed by atoms with Crippen molar-refractivity contribution in [2.75, 3.05) is 26.4 Å². The van der Waals surface area contributed by atoms with Crippen molar-refractivity contribution in [3.63, 3.8) is 0 Å². The van der Waals surface area contributed by atoms with Crippen LogP contribution < -0.4 is 4.74 Å². The second kappa shape index (κ2) is 9.02. The van der Waals surface area contributed by atoms with Crippen LogP contribution in [0.1, 0.15) is 40.9 Å². The van der Waals surface area contributed by atoms with Crippen molar-refractivity contribution in [2.45, 2.75) is 32.9 Å². The number of benzene rings is 2. The van der Waals surface area contributed by atoms with Crippen molar-refractivity contribution >= 4 is 5.97 Å². The molecule has 3 rings (SSSR count). The summed E-state index contributed by atoms with van der Waals surface area (Å²) in [5, 5.41) is 9.32. The Kier molecular flexibility index (Phi) is 6.48. The van der Waals surface area contributed by atoms with Gasteiger partial charge in [-0.05, 0) is 48.7 Å². The highest BCUT2D eigenvalue weighted by Crippen LogP contribution is 2.24. The molecule has 1 N–H and O–H groups in total. The zero-order valence-corrected chi connectivity index (χ0v) is 16.0. The molecule has 27 heavy (non-hydrogen) atoms. The largest absolute Gasteiger partial charge is 0.491 e. The highest BCUT2D eigenvalue weighted by molar-refractivity contribution is 5.88. The van der Waals surface area contributed by atoms with E-state index in [9.17, 15) is 9.90 Å². The molecular weight excluding hydrogens is 342 g/mol. The van der Waals surface area contributed by atoms with E-state index in [0.717, 1.165) is 30.0 Å². The van der Waals surface area contributed by atoms with Crippen molar-refractivity contribution in [1.82, 2.24) is 4.90 Å². The smallest absolute Gasteiger partial charge is 0.335 e. The first-order valence-electron chi connectivity index (χ1n) is 9.41. The maximum atomic E-state index is 11.4. The summed E-state index contributed by atoms with van der Waals surface area (Å²) in [6, 6.07) is 13.9. The first-order chi connectivity index (χ1) is 13.0. The Morgan fingerprint density at radius 1 is 1.07 bits per heavy atom. The molecule has 0 unspecified atom stereocenters. The van der Waals surface area contributed by atoms with Gasteiger partial charge in [0.05, 0.1) is 18.8 Å². The van der Waals surface area contributed by atoms with E-state index in [-0.39, 0.29) is 5.56 Å². The quantitative estimate of drug-likeness (QED) is 0.877. The van der Waals surface area contributed by atoms with E-state index >= 15 is 0 Å². The molecule has 0 atom stereocenters. The minimum absolute atomic E-state index is 0.275. The van der Waals surface area contributed by atoms with Crippen LogP contribution >= 0.6 is 0 Å². The molecule has 0 aromatic heterocycles. The van der Waals surface area contributed by atoms with Gasteiger partial charge < -0.3 is 14.6 Å². The molecule has 0 saturated heterocycles. The molecule has 0 fully saturated rings. The highest BCUT2D eigenvalue weighted by atomic mass is 16.5. The number of carbonyl (C=O) groups is 1. The Bertz CT molecular complexity index is 788. The maximum absolute atomic E-state index is 11.4. The van der Waals surface area contributed by atoms with Gasteiger partial charge in [0.2, 0.25) is 0 Å². The number of carboxylic acid groups (broad SMARTS) is 1. The normalized spacial score (nSPS) is 16.3. The minimum atomic E-state index is -0.929. The van der Waals surface area contributed by atoms with Crippen LogP contribution in [0.15, 0.2) is 42.5 Å². The SMILES string of the molecule is CC(C)N1CCOCCOc2ccc(C(=O)O)cc2Cc2cccc(c2)C1. The van der Waals surface area contributed by atoms with Crippen molar-refractivity contribution in [1.29, 1.82) is 0 Å². The topological polar surface area (TPSA) is 59.0 Å². The number of hydrogen-bond acceptors (Lipinski definition) is 4. The molecule has 1 aliphatic heterocycles. The Morgan fingerprint density at radius 3 is 2.67 bits per heavy atom. The van der Waals surface area contributed by atoms with Crippen LogP contribution in [0.25, 0.3) is 0 Å². The molecule has 144 valence electrons. The summed E-state index contributed by atoms with van der Waals surface area (Å²) < 4.78 is 11.6. The number of ether oxygens (including phenoxy) is 2. The Morgan fingerprint density at radius 2 is 1.89 bits per heavy atom. The van der Waals surface area contributed by atoms with Crippen molar-refractivity contribution in [3.8, 4) is 5.75 Å². The molecular formula is C22H27NO4. The van der Waals surface area contributed by atoms with E-state index in [1.54, 1.807) is 18.2 Å². The zero-order valence-electron chi connectivity index (χ0n) is 16.0. The van der Waals surface area contributed by atoms with Gasteiger partial charge in [-0.1, -0.05) is 24.3 Å². The van der Waals surface area contributed by atoms with Gasteiger partial charge in [0.1, 0.15) is 12.4 Å². The number of rotatable bonds is 2. The van der Waals surface area contributed by atoms with E-state index in [4.69, 9.17) is 9.47 Å². The standard InChI is InChI=1S/C22H27NO4/c1-16(2)23-8-9-26-10-11-27-21-7-6-19(22(24)25)14-20(21)13-17-4-3-5-18(12-17)15-23/h3-7,12,14,16H,8-11,13,15H2,1-2H3,(H,24,25). The number of carboxylic acids is 1. The molecule has 1 aliphatic rings. The molecule has 0 aliphatic carbocycles. The lowest BCUT2D eigenvalue weighted by molar-refractivity contribution is 0.0689. The first-order valence-corrected chi connectivity index (χ1v) is 9.41. The first kappa shape index (κ1) is 19.4. The number of fused-ring (bicyclic) bond motifs is 3. The van der Waals surface area contributed by atoms with Crippen LogP contribution in [-0.4, -0.2) is 48.4 Å². The summed E-state index contributed by atoms with van der Waals surface area (Å²) in [5.74, 6) is -0.211. The van der Waals surface area contributed by atoms with E-state index in [0.29, 0.717) is 32.3 Å². The minimum Gasteiger partial charge on any atom is -0.491 e. The van der Waals surface area contributed by atoms with E-state index in [1.807, 2.05) is 0 Å². The van der Waals surface area contributed by atoms with Crippen LogP contribution in [-0.2, 0) is 17.7 Å². The lowest BCUT2D eigenvalue weighted by Crippen LogP contribution is -2.33. The van der Waals surface area contributed by atoms with E-state index in [1.165, 1.54) is 5.56 Å². The van der Waals surface area contributed by atoms with Crippen LogP contribution in [0.5, 0.6) is 5.75 Å². The van der Waals surface area contributed by atoms with Gasteiger partial charge in [-0.2, -0.15) is 0 Å². The predicted molar refractivity (Wildman–Crippen MR) is 105 cm³/mol. The summed E-state index contributed by atoms with van der Waals surface area (Å²) in [4.78, 5) is 13.7. The number of aromatic carboxylic acids is 1. The molecule has 2 aromatic carbocycles. The third kappa shape index (κ3) is 5.31. The number of hydrogen-bond donors (Lipinski definition) is 1. The van der Waals surface area contributed by atoms with Gasteiger partial charge in [0, 0.05) is 25.6 Å². The van der Waals surface area contributed by atoms with Gasteiger partial charge in [-0.15, -0.1) is 0 Å². The highest BCUT2D eigenvalue weighted by Gasteiger charge is 2.14. The van der Waals surface area contributed by atoms with Gasteiger partial charge in [-0.3, -0.25) is 4.90 Å². The fourth-order valence-corrected chi connectivity index (χ4v) is 3.30. The second-order valence-electron chi connectivity index (χ2n) is 7.15. The van der Waals surface area contributed by atoms with E-state index < -0.39 is 5.97 Å². The monoisotopic (exact) mass is 369 g/mol. The molecule has 1 heterocycles. The summed E-state index contributed by atoms with van der Waals surface area (Å²) in [6.45, 7) is 7.75. The summed E-state index contributed by atoms with van der Waals surface area (Å²) in [7, 11) is 0. The maximum Gasteiger partial charge on any atom is 0.335 e. The summed E-state index contributed by atoms with van der Waals surface area (Å²) in [5.41, 5.74) is 3.55. The lowest BCUT2D eigenvalue weighted by Gasteiger charge is -2.27. The third-order valence-electron chi connectivity index (χ3n) is 4.82. The van der Waals surface area contributed by atoms with Gasteiger partial charge in [-0.25, -0.2) is 4.79 Å². The predicted octanol–water partition coefficient (Wildman–Crippen LogP) is 3.60. The molecule has 2 bridgehead atoms. The van der Waals surface area contributed by atoms with Crippen LogP contribution in [0, 0.1) is 0 Å². The number of nitrogens with zero attached hydrogens (tertiary/aromatic N) is 1. The Balaban J connectivity index is 1.93. The summed E-state index contributed by atoms with van der Waals surface area (Å²) in [6.07, 6.45) is 0.632. The fourth-order valence-electron chi connectivity index (χ4n) is 3.30. The van der Waals surface area contributed by atoms with Crippen LogP contribution in [0.2, 0.25) is 0 Å². The van der Waals surface area contributed by atoms with E-state index in [2.05, 4.69) is 43.0 Å². The second-order valence-corrected chi connectivity index (χ2v) is 7.15. The molecule has 0 radical (unpaired) electrons. The molecule has 0 spiro atoms. The van der Waals surface area contributed by atoms with Crippen LogP contribution in [0.3, 0.4) is 0 Å². The van der Waals surface area contributed by atoms with Gasteiger partial charge in [0.25, 0.3) is 0 Å². The summed E-state index contributed by atoms with van der Waals surface area (Å²) >= 11 is 0. The van der Waals surface area contributed by atoms with Crippen molar-refractivity contribution in [3.05, 3.63) is 64.7 Å². The Labute approximate surface area is 160 Å². The average molecular weight is 369 g/mol. The Hall–Kier alpha value is -2.37. The third-order valence-corrected chi connectivity index (χ3v) is 4.82. The van der Waals surface area contributed by atoms with Gasteiger partial charge >= 0.3 is 5.97 Å².